The third kappa shape index (κ3) is 4.02. The molecule has 1 aliphatic carbocycles. The number of carbonyl (C=O) groups is 1. The summed E-state index contributed by atoms with van der Waals surface area (Å²) in [4.78, 5) is 15.3. The third-order valence-corrected chi connectivity index (χ3v) is 5.48. The van der Waals surface area contributed by atoms with Crippen LogP contribution in [0.2, 0.25) is 0 Å². The number of aliphatic hydroxyl groups is 1. The number of aliphatic hydroxyl groups excluding tert-OH is 1. The van der Waals surface area contributed by atoms with Crippen molar-refractivity contribution in [2.45, 2.75) is 36.1 Å². The first-order chi connectivity index (χ1) is 11.0. The van der Waals surface area contributed by atoms with Gasteiger partial charge in [-0.15, -0.1) is 0 Å². The zero-order chi connectivity index (χ0) is 18.1. The molecule has 0 bridgehead atoms. The Kier molecular flexibility index (Phi) is 5.16. The summed E-state index contributed by atoms with van der Waals surface area (Å²) in [5, 5.41) is 10.7. The van der Waals surface area contributed by atoms with Crippen LogP contribution in [0.3, 0.4) is 0 Å². The second-order valence-electron chi connectivity index (χ2n) is 5.37. The average molecular weight is 367 g/mol. The lowest BCUT2D eigenvalue weighted by molar-refractivity contribution is -0.201. The Bertz CT molecular complexity index is 719. The lowest BCUT2D eigenvalue weighted by Gasteiger charge is -2.18. The number of halogens is 3. The van der Waals surface area contributed by atoms with Gasteiger partial charge in [-0.25, -0.2) is 13.4 Å². The van der Waals surface area contributed by atoms with Gasteiger partial charge in [0.05, 0.1) is 6.54 Å². The normalized spacial score (nSPS) is 16.9. The zero-order valence-corrected chi connectivity index (χ0v) is 13.4. The summed E-state index contributed by atoms with van der Waals surface area (Å²) in [7, 11) is -2.62. The van der Waals surface area contributed by atoms with Crippen molar-refractivity contribution in [3.05, 3.63) is 24.0 Å². The summed E-state index contributed by atoms with van der Waals surface area (Å²) < 4.78 is 62.9. The molecule has 1 fully saturated rings. The number of nitrogens with zero attached hydrogens (tertiary/aromatic N) is 2. The van der Waals surface area contributed by atoms with E-state index in [1.807, 2.05) is 5.32 Å². The molecule has 1 aliphatic rings. The summed E-state index contributed by atoms with van der Waals surface area (Å²) in [5.74, 6) is -1.11. The first-order valence-corrected chi connectivity index (χ1v) is 8.45. The van der Waals surface area contributed by atoms with E-state index in [0.717, 1.165) is 16.6 Å². The molecule has 0 saturated heterocycles. The molecule has 0 radical (unpaired) electrons. The molecule has 1 unspecified atom stereocenters. The molecule has 2 rings (SSSR count). The standard InChI is InChI=1S/C13H16F3N3O4S/c1-19(8-4-5-8)24(22,23)9-3-2-6-17-11(9)12(21)18-7-10(20)13(14,15)16/h2-3,6,8,10,20H,4-5,7H2,1H3,(H,18,21). The van der Waals surface area contributed by atoms with Crippen LogP contribution in [0.1, 0.15) is 23.3 Å². The van der Waals surface area contributed by atoms with Crippen LogP contribution in [0.25, 0.3) is 0 Å². The summed E-state index contributed by atoms with van der Waals surface area (Å²) in [6.07, 6.45) is -5.08. The highest BCUT2D eigenvalue weighted by Gasteiger charge is 2.39. The van der Waals surface area contributed by atoms with E-state index in [-0.39, 0.29) is 6.04 Å². The third-order valence-electron chi connectivity index (χ3n) is 3.54. The van der Waals surface area contributed by atoms with Gasteiger partial charge in [0.15, 0.2) is 6.10 Å². The van der Waals surface area contributed by atoms with Crippen LogP contribution in [-0.2, 0) is 10.0 Å². The number of sulfonamides is 1. The van der Waals surface area contributed by atoms with Crippen LogP contribution in [-0.4, -0.2) is 60.6 Å². The first-order valence-electron chi connectivity index (χ1n) is 7.01. The molecule has 24 heavy (non-hydrogen) atoms. The highest BCUT2D eigenvalue weighted by atomic mass is 32.2. The van der Waals surface area contributed by atoms with E-state index in [1.165, 1.54) is 13.1 Å². The number of hydrogen-bond acceptors (Lipinski definition) is 5. The number of nitrogens with one attached hydrogen (secondary N) is 1. The van der Waals surface area contributed by atoms with Crippen molar-refractivity contribution in [1.29, 1.82) is 0 Å². The number of hydrogen-bond donors (Lipinski definition) is 2. The van der Waals surface area contributed by atoms with Crippen molar-refractivity contribution in [3.8, 4) is 0 Å². The van der Waals surface area contributed by atoms with Crippen LogP contribution < -0.4 is 5.32 Å². The molecule has 1 amide bonds. The second kappa shape index (κ2) is 6.65. The molecular formula is C13H16F3N3O4S. The fraction of sp³-hybridized carbons (Fsp3) is 0.538. The van der Waals surface area contributed by atoms with Gasteiger partial charge < -0.3 is 10.4 Å². The van der Waals surface area contributed by atoms with Crippen molar-refractivity contribution in [2.75, 3.05) is 13.6 Å². The van der Waals surface area contributed by atoms with Gasteiger partial charge >= 0.3 is 6.18 Å². The minimum atomic E-state index is -4.89. The molecule has 1 atom stereocenters. The van der Waals surface area contributed by atoms with Gasteiger partial charge in [-0.2, -0.15) is 17.5 Å². The minimum Gasteiger partial charge on any atom is -0.382 e. The molecule has 134 valence electrons. The quantitative estimate of drug-likeness (QED) is 0.764. The number of amides is 1. The predicted octanol–water partition coefficient (Wildman–Crippen LogP) is 0.517. The van der Waals surface area contributed by atoms with Crippen molar-refractivity contribution in [2.24, 2.45) is 0 Å². The minimum absolute atomic E-state index is 0.154. The summed E-state index contributed by atoms with van der Waals surface area (Å²) in [6, 6.07) is 2.32. The SMILES string of the molecule is CN(C1CC1)S(=O)(=O)c1cccnc1C(=O)NCC(O)C(F)(F)F. The Balaban J connectivity index is 2.21. The van der Waals surface area contributed by atoms with E-state index >= 15 is 0 Å². The molecule has 0 aliphatic heterocycles. The Labute approximate surface area is 136 Å². The molecule has 2 N–H and O–H groups in total. The largest absolute Gasteiger partial charge is 0.416 e. The van der Waals surface area contributed by atoms with Crippen molar-refractivity contribution in [1.82, 2.24) is 14.6 Å². The van der Waals surface area contributed by atoms with Crippen LogP contribution in [0.4, 0.5) is 13.2 Å². The molecule has 1 heterocycles. The van der Waals surface area contributed by atoms with Gasteiger partial charge in [0.2, 0.25) is 10.0 Å². The van der Waals surface area contributed by atoms with Crippen LogP contribution in [0.15, 0.2) is 23.2 Å². The van der Waals surface area contributed by atoms with Crippen LogP contribution in [0, 0.1) is 0 Å². The number of carbonyl (C=O) groups excluding carboxylic acids is 1. The van der Waals surface area contributed by atoms with Crippen molar-refractivity contribution in [3.63, 3.8) is 0 Å². The molecule has 7 nitrogen and oxygen atoms in total. The molecule has 11 heteroatoms. The first kappa shape index (κ1) is 18.6. The van der Waals surface area contributed by atoms with Crippen LogP contribution >= 0.6 is 0 Å². The Morgan fingerprint density at radius 3 is 2.67 bits per heavy atom. The Hall–Kier alpha value is -1.72. The molecular weight excluding hydrogens is 351 g/mol. The fourth-order valence-electron chi connectivity index (χ4n) is 1.95. The average Bonchev–Trinajstić information content (AvgIpc) is 3.35. The van der Waals surface area contributed by atoms with Crippen LogP contribution in [0.5, 0.6) is 0 Å². The number of alkyl halides is 3. The fourth-order valence-corrected chi connectivity index (χ4v) is 3.50. The Morgan fingerprint density at radius 1 is 1.50 bits per heavy atom. The van der Waals surface area contributed by atoms with Gasteiger partial charge in [0.25, 0.3) is 5.91 Å². The Morgan fingerprint density at radius 2 is 2.12 bits per heavy atom. The molecule has 0 spiro atoms. The van der Waals surface area contributed by atoms with Gasteiger partial charge in [-0.3, -0.25) is 4.79 Å². The number of rotatable bonds is 6. The number of pyridine rings is 1. The lowest BCUT2D eigenvalue weighted by Crippen LogP contribution is -2.41. The van der Waals surface area contributed by atoms with Crippen molar-refractivity contribution >= 4 is 15.9 Å². The van der Waals surface area contributed by atoms with E-state index in [9.17, 15) is 26.4 Å². The molecule has 1 saturated carbocycles. The number of aromatic nitrogens is 1. The van der Waals surface area contributed by atoms with E-state index in [1.54, 1.807) is 0 Å². The summed E-state index contributed by atoms with van der Waals surface area (Å²) in [5.41, 5.74) is -0.514. The van der Waals surface area contributed by atoms with Gasteiger partial charge in [0.1, 0.15) is 10.6 Å². The summed E-state index contributed by atoms with van der Waals surface area (Å²) in [6.45, 7) is -1.10. The lowest BCUT2D eigenvalue weighted by atomic mass is 10.3. The van der Waals surface area contributed by atoms with E-state index < -0.39 is 45.3 Å². The summed E-state index contributed by atoms with van der Waals surface area (Å²) >= 11 is 0. The highest BCUT2D eigenvalue weighted by Crippen LogP contribution is 2.31. The van der Waals surface area contributed by atoms with Gasteiger partial charge in [0, 0.05) is 19.3 Å². The van der Waals surface area contributed by atoms with Crippen molar-refractivity contribution < 1.29 is 31.5 Å². The highest BCUT2D eigenvalue weighted by molar-refractivity contribution is 7.89. The predicted molar refractivity (Wildman–Crippen MR) is 76.6 cm³/mol. The maximum Gasteiger partial charge on any atom is 0.416 e. The van der Waals surface area contributed by atoms with E-state index in [2.05, 4.69) is 4.98 Å². The smallest absolute Gasteiger partial charge is 0.382 e. The van der Waals surface area contributed by atoms with E-state index in [4.69, 9.17) is 5.11 Å². The van der Waals surface area contributed by atoms with Gasteiger partial charge in [-0.05, 0) is 25.0 Å². The maximum atomic E-state index is 12.5. The van der Waals surface area contributed by atoms with Gasteiger partial charge in [-0.1, -0.05) is 0 Å². The second-order valence-corrected chi connectivity index (χ2v) is 7.34. The maximum absolute atomic E-state index is 12.5. The topological polar surface area (TPSA) is 99.6 Å². The molecule has 1 aromatic heterocycles. The monoisotopic (exact) mass is 367 g/mol. The molecule has 1 aromatic rings. The van der Waals surface area contributed by atoms with E-state index in [0.29, 0.717) is 12.8 Å². The zero-order valence-electron chi connectivity index (χ0n) is 12.6. The molecule has 0 aromatic carbocycles.